The number of benzene rings is 1. The van der Waals surface area contributed by atoms with Crippen LogP contribution in [0.15, 0.2) is 41.5 Å². The molecular weight excluding hydrogens is 439 g/mol. The lowest BCUT2D eigenvalue weighted by Gasteiger charge is -2.27. The summed E-state index contributed by atoms with van der Waals surface area (Å²) < 4.78 is 5.44. The second-order valence-electron chi connectivity index (χ2n) is 6.66. The number of halogens is 1. The molecule has 1 aliphatic rings. The van der Waals surface area contributed by atoms with Gasteiger partial charge < -0.3 is 15.0 Å². The van der Waals surface area contributed by atoms with Gasteiger partial charge in [0.2, 0.25) is 0 Å². The summed E-state index contributed by atoms with van der Waals surface area (Å²) in [6, 6.07) is 10.4. The van der Waals surface area contributed by atoms with Gasteiger partial charge in [-0.25, -0.2) is 0 Å². The van der Waals surface area contributed by atoms with Crippen molar-refractivity contribution in [2.45, 2.75) is 25.8 Å². The van der Waals surface area contributed by atoms with Gasteiger partial charge in [0.25, 0.3) is 0 Å². The molecule has 1 N–H and O–H groups in total. The van der Waals surface area contributed by atoms with Crippen LogP contribution in [0, 0.1) is 5.92 Å². The molecule has 2 heterocycles. The summed E-state index contributed by atoms with van der Waals surface area (Å²) in [4.78, 5) is 11.2. The number of aliphatic imine (C=N–C) groups is 1. The number of nitrogens with one attached hydrogen (secondary N) is 1. The SMILES string of the molecule is CN=C(NCc1cccc2cccnc12)N(C)CCC1CCOCC1.I. The van der Waals surface area contributed by atoms with Crippen molar-refractivity contribution in [2.24, 2.45) is 10.9 Å². The first-order valence-corrected chi connectivity index (χ1v) is 9.10. The number of para-hydroxylation sites is 1. The average Bonchev–Trinajstić information content (AvgIpc) is 2.67. The molecule has 5 nitrogen and oxygen atoms in total. The summed E-state index contributed by atoms with van der Waals surface area (Å²) in [5.74, 6) is 1.71. The summed E-state index contributed by atoms with van der Waals surface area (Å²) in [7, 11) is 3.95. The fourth-order valence-corrected chi connectivity index (χ4v) is 3.39. The lowest BCUT2D eigenvalue weighted by molar-refractivity contribution is 0.0625. The van der Waals surface area contributed by atoms with E-state index in [-0.39, 0.29) is 24.0 Å². The summed E-state index contributed by atoms with van der Waals surface area (Å²) >= 11 is 0. The third-order valence-corrected chi connectivity index (χ3v) is 4.94. The number of guanidine groups is 1. The summed E-state index contributed by atoms with van der Waals surface area (Å²) in [5.41, 5.74) is 2.25. The van der Waals surface area contributed by atoms with E-state index in [1.165, 1.54) is 30.2 Å². The van der Waals surface area contributed by atoms with Crippen LogP contribution in [0.5, 0.6) is 0 Å². The molecule has 0 aliphatic carbocycles. The van der Waals surface area contributed by atoms with Gasteiger partial charge in [0, 0.05) is 52.0 Å². The number of rotatable bonds is 5. The standard InChI is InChI=1S/C20H28N4O.HI/c1-21-20(24(2)12-8-16-9-13-25-14-10-16)23-15-18-6-3-5-17-7-4-11-22-19(17)18;/h3-7,11,16H,8-10,12-15H2,1-2H3,(H,21,23);1H. The predicted molar refractivity (Wildman–Crippen MR) is 118 cm³/mol. The first-order chi connectivity index (χ1) is 12.3. The Kier molecular flexibility index (Phi) is 8.58. The van der Waals surface area contributed by atoms with Gasteiger partial charge >= 0.3 is 0 Å². The molecule has 0 unspecified atom stereocenters. The van der Waals surface area contributed by atoms with Crippen molar-refractivity contribution in [2.75, 3.05) is 33.9 Å². The minimum Gasteiger partial charge on any atom is -0.381 e. The Balaban J connectivity index is 0.00000243. The van der Waals surface area contributed by atoms with Gasteiger partial charge in [-0.2, -0.15) is 0 Å². The van der Waals surface area contributed by atoms with Gasteiger partial charge in [-0.15, -0.1) is 24.0 Å². The van der Waals surface area contributed by atoms with Crippen LogP contribution in [0.1, 0.15) is 24.8 Å². The van der Waals surface area contributed by atoms with E-state index in [4.69, 9.17) is 4.74 Å². The van der Waals surface area contributed by atoms with Gasteiger partial charge in [0.15, 0.2) is 5.96 Å². The number of hydrogen-bond acceptors (Lipinski definition) is 3. The Labute approximate surface area is 173 Å². The maximum atomic E-state index is 5.44. The fraction of sp³-hybridized carbons (Fsp3) is 0.500. The Hall–Kier alpha value is -1.41. The molecule has 26 heavy (non-hydrogen) atoms. The molecule has 3 rings (SSSR count). The van der Waals surface area contributed by atoms with Crippen LogP contribution in [0.3, 0.4) is 0 Å². The maximum Gasteiger partial charge on any atom is 0.193 e. The van der Waals surface area contributed by atoms with Crippen LogP contribution in [-0.2, 0) is 11.3 Å². The van der Waals surface area contributed by atoms with E-state index in [1.807, 2.05) is 19.3 Å². The molecule has 1 fully saturated rings. The molecule has 0 amide bonds. The smallest absolute Gasteiger partial charge is 0.193 e. The van der Waals surface area contributed by atoms with Crippen LogP contribution >= 0.6 is 24.0 Å². The molecule has 0 atom stereocenters. The highest BCUT2D eigenvalue weighted by Gasteiger charge is 2.15. The predicted octanol–water partition coefficient (Wildman–Crippen LogP) is 3.68. The Morgan fingerprint density at radius 3 is 2.81 bits per heavy atom. The van der Waals surface area contributed by atoms with Crippen LogP contribution < -0.4 is 5.32 Å². The second-order valence-corrected chi connectivity index (χ2v) is 6.66. The first kappa shape index (κ1) is 20.9. The van der Waals surface area contributed by atoms with E-state index in [2.05, 4.69) is 51.5 Å². The highest BCUT2D eigenvalue weighted by Crippen LogP contribution is 2.19. The van der Waals surface area contributed by atoms with Gasteiger partial charge in [-0.3, -0.25) is 9.98 Å². The van der Waals surface area contributed by atoms with E-state index in [1.54, 1.807) is 0 Å². The lowest BCUT2D eigenvalue weighted by atomic mass is 9.96. The lowest BCUT2D eigenvalue weighted by Crippen LogP contribution is -2.39. The van der Waals surface area contributed by atoms with Gasteiger partial charge in [0.1, 0.15) is 0 Å². The molecule has 1 saturated heterocycles. The third-order valence-electron chi connectivity index (χ3n) is 4.94. The van der Waals surface area contributed by atoms with Crippen LogP contribution in [0.4, 0.5) is 0 Å². The van der Waals surface area contributed by atoms with Gasteiger partial charge in [0.05, 0.1) is 5.52 Å². The molecule has 2 aromatic rings. The van der Waals surface area contributed by atoms with Crippen molar-refractivity contribution in [1.82, 2.24) is 15.2 Å². The van der Waals surface area contributed by atoms with E-state index in [0.717, 1.165) is 43.7 Å². The minimum absolute atomic E-state index is 0. The fourth-order valence-electron chi connectivity index (χ4n) is 3.39. The second kappa shape index (κ2) is 10.7. The molecule has 142 valence electrons. The van der Waals surface area contributed by atoms with Crippen molar-refractivity contribution >= 4 is 40.8 Å². The quantitative estimate of drug-likeness (QED) is 0.414. The maximum absolute atomic E-state index is 5.44. The minimum atomic E-state index is 0. The van der Waals surface area contributed by atoms with Crippen LogP contribution in [0.25, 0.3) is 10.9 Å². The van der Waals surface area contributed by atoms with E-state index in [9.17, 15) is 0 Å². The molecule has 0 radical (unpaired) electrons. The molecule has 1 aromatic heterocycles. The highest BCUT2D eigenvalue weighted by atomic mass is 127. The molecule has 6 heteroatoms. The Morgan fingerprint density at radius 1 is 1.27 bits per heavy atom. The number of fused-ring (bicyclic) bond motifs is 1. The topological polar surface area (TPSA) is 49.8 Å². The number of nitrogens with zero attached hydrogens (tertiary/aromatic N) is 3. The van der Waals surface area contributed by atoms with Crippen molar-refractivity contribution in [1.29, 1.82) is 0 Å². The van der Waals surface area contributed by atoms with Gasteiger partial charge in [-0.05, 0) is 36.8 Å². The van der Waals surface area contributed by atoms with E-state index in [0.29, 0.717) is 0 Å². The zero-order valence-electron chi connectivity index (χ0n) is 15.6. The zero-order valence-corrected chi connectivity index (χ0v) is 18.0. The normalized spacial score (nSPS) is 15.5. The third kappa shape index (κ3) is 5.54. The summed E-state index contributed by atoms with van der Waals surface area (Å²) in [5, 5.41) is 4.65. The van der Waals surface area contributed by atoms with Crippen molar-refractivity contribution in [3.05, 3.63) is 42.1 Å². The Bertz CT molecular complexity index is 711. The molecule has 1 aliphatic heterocycles. The highest BCUT2D eigenvalue weighted by molar-refractivity contribution is 14.0. The molecule has 0 saturated carbocycles. The zero-order chi connectivity index (χ0) is 17.5. The number of hydrogen-bond donors (Lipinski definition) is 1. The van der Waals surface area contributed by atoms with E-state index >= 15 is 0 Å². The summed E-state index contributed by atoms with van der Waals surface area (Å²) in [6.07, 6.45) is 5.40. The van der Waals surface area contributed by atoms with Crippen LogP contribution in [-0.4, -0.2) is 49.7 Å². The monoisotopic (exact) mass is 468 g/mol. The number of pyridine rings is 1. The van der Waals surface area contributed by atoms with E-state index < -0.39 is 0 Å². The van der Waals surface area contributed by atoms with Crippen molar-refractivity contribution in [3.63, 3.8) is 0 Å². The molecule has 0 bridgehead atoms. The first-order valence-electron chi connectivity index (χ1n) is 9.10. The largest absolute Gasteiger partial charge is 0.381 e. The number of aromatic nitrogens is 1. The molecule has 0 spiro atoms. The Morgan fingerprint density at radius 2 is 2.04 bits per heavy atom. The van der Waals surface area contributed by atoms with Gasteiger partial charge in [-0.1, -0.05) is 24.3 Å². The molecule has 1 aromatic carbocycles. The average molecular weight is 468 g/mol. The van der Waals surface area contributed by atoms with Crippen LogP contribution in [0.2, 0.25) is 0 Å². The number of ether oxygens (including phenoxy) is 1. The summed E-state index contributed by atoms with van der Waals surface area (Å²) in [6.45, 7) is 3.56. The molecular formula is C20H29IN4O. The van der Waals surface area contributed by atoms with Crippen molar-refractivity contribution < 1.29 is 4.74 Å². The van der Waals surface area contributed by atoms with Crippen molar-refractivity contribution in [3.8, 4) is 0 Å².